The van der Waals surface area contributed by atoms with Gasteiger partial charge in [-0.05, 0) is 13.3 Å². The lowest BCUT2D eigenvalue weighted by Gasteiger charge is -2.00. The molecule has 0 heterocycles. The van der Waals surface area contributed by atoms with Gasteiger partial charge in [-0.25, -0.2) is 4.99 Å². The molecule has 2 nitrogen and oxygen atoms in total. The Morgan fingerprint density at radius 2 is 1.44 bits per heavy atom. The zero-order valence-corrected chi connectivity index (χ0v) is 11.0. The van der Waals surface area contributed by atoms with Crippen LogP contribution in [0, 0.1) is 0 Å². The molecular formula is C14H27NO. The van der Waals surface area contributed by atoms with E-state index in [1.54, 1.807) is 13.1 Å². The summed E-state index contributed by atoms with van der Waals surface area (Å²) in [5, 5.41) is 0. The molecule has 0 saturated carbocycles. The smallest absolute Gasteiger partial charge is 0.245 e. The first-order valence-electron chi connectivity index (χ1n) is 6.82. The Hall–Kier alpha value is -0.660. The lowest BCUT2D eigenvalue weighted by atomic mass is 10.1. The van der Waals surface area contributed by atoms with Crippen LogP contribution in [0.1, 0.15) is 78.1 Å². The first kappa shape index (κ1) is 15.3. The van der Waals surface area contributed by atoms with Gasteiger partial charge in [0.1, 0.15) is 0 Å². The number of rotatable bonds is 10. The van der Waals surface area contributed by atoms with Crippen molar-refractivity contribution in [1.82, 2.24) is 0 Å². The number of hydrogen-bond donors (Lipinski definition) is 0. The lowest BCUT2D eigenvalue weighted by molar-refractivity contribution is -0.117. The predicted octanol–water partition coefficient (Wildman–Crippen LogP) is 4.52. The van der Waals surface area contributed by atoms with Crippen LogP contribution < -0.4 is 0 Å². The maximum Gasteiger partial charge on any atom is 0.245 e. The highest BCUT2D eigenvalue weighted by Crippen LogP contribution is 2.10. The molecule has 0 aliphatic rings. The number of nitrogens with zero attached hydrogens (tertiary/aromatic N) is 1. The first-order chi connectivity index (χ1) is 7.81. The summed E-state index contributed by atoms with van der Waals surface area (Å²) in [7, 11) is 0. The summed E-state index contributed by atoms with van der Waals surface area (Å²) in [5.41, 5.74) is 0. The molecule has 0 aromatic heterocycles. The molecular weight excluding hydrogens is 198 g/mol. The molecule has 0 aliphatic carbocycles. The monoisotopic (exact) mass is 225 g/mol. The normalized spacial score (nSPS) is 11.1. The van der Waals surface area contributed by atoms with Gasteiger partial charge in [0.15, 0.2) is 0 Å². The second kappa shape index (κ2) is 12.4. The zero-order chi connectivity index (χ0) is 12.1. The number of unbranched alkanes of at least 4 members (excludes halogenated alkanes) is 8. The van der Waals surface area contributed by atoms with Gasteiger partial charge < -0.3 is 0 Å². The van der Waals surface area contributed by atoms with Gasteiger partial charge in [0, 0.05) is 12.6 Å². The summed E-state index contributed by atoms with van der Waals surface area (Å²) in [6.45, 7) is 4.03. The number of carbonyl (C=O) groups excluding carboxylic acids is 1. The van der Waals surface area contributed by atoms with Crippen LogP contribution in [-0.2, 0) is 4.79 Å². The van der Waals surface area contributed by atoms with Gasteiger partial charge in [-0.1, -0.05) is 58.3 Å². The molecule has 0 fully saturated rings. The van der Waals surface area contributed by atoms with Crippen LogP contribution in [-0.4, -0.2) is 12.1 Å². The molecule has 0 spiro atoms. The summed E-state index contributed by atoms with van der Waals surface area (Å²) < 4.78 is 0. The van der Waals surface area contributed by atoms with Gasteiger partial charge >= 0.3 is 0 Å². The molecule has 94 valence electrons. The lowest BCUT2D eigenvalue weighted by Crippen LogP contribution is -1.92. The third kappa shape index (κ3) is 11.4. The van der Waals surface area contributed by atoms with Crippen LogP contribution in [0.5, 0.6) is 0 Å². The highest BCUT2D eigenvalue weighted by atomic mass is 16.1. The SMILES string of the molecule is CC=NC(=O)CCCCCCCCCCC. The van der Waals surface area contributed by atoms with E-state index >= 15 is 0 Å². The average molecular weight is 225 g/mol. The second-order valence-corrected chi connectivity index (χ2v) is 4.36. The van der Waals surface area contributed by atoms with E-state index in [1.165, 1.54) is 51.4 Å². The molecule has 0 unspecified atom stereocenters. The van der Waals surface area contributed by atoms with Gasteiger partial charge in [-0.15, -0.1) is 0 Å². The minimum atomic E-state index is 0.0328. The maximum absolute atomic E-state index is 11.1. The minimum Gasteiger partial charge on any atom is -0.273 e. The van der Waals surface area contributed by atoms with Gasteiger partial charge in [0.25, 0.3) is 0 Å². The summed E-state index contributed by atoms with van der Waals surface area (Å²) in [4.78, 5) is 14.8. The summed E-state index contributed by atoms with van der Waals surface area (Å²) in [5.74, 6) is 0.0328. The van der Waals surface area contributed by atoms with Crippen molar-refractivity contribution in [2.75, 3.05) is 0 Å². The van der Waals surface area contributed by atoms with E-state index in [4.69, 9.17) is 0 Å². The topological polar surface area (TPSA) is 29.4 Å². The molecule has 0 aromatic carbocycles. The molecule has 16 heavy (non-hydrogen) atoms. The number of aliphatic imine (C=N–C) groups is 1. The third-order valence-electron chi connectivity index (χ3n) is 2.77. The summed E-state index contributed by atoms with van der Waals surface area (Å²) in [6.07, 6.45) is 13.8. The van der Waals surface area contributed by atoms with Crippen molar-refractivity contribution in [2.24, 2.45) is 4.99 Å². The van der Waals surface area contributed by atoms with E-state index < -0.39 is 0 Å². The van der Waals surface area contributed by atoms with Crippen molar-refractivity contribution in [2.45, 2.75) is 78.1 Å². The van der Waals surface area contributed by atoms with Crippen molar-refractivity contribution < 1.29 is 4.79 Å². The maximum atomic E-state index is 11.1. The molecule has 0 radical (unpaired) electrons. The van der Waals surface area contributed by atoms with Crippen molar-refractivity contribution in [3.05, 3.63) is 0 Å². The number of hydrogen-bond acceptors (Lipinski definition) is 1. The molecule has 0 aliphatic heterocycles. The van der Waals surface area contributed by atoms with Crippen LogP contribution in [0.4, 0.5) is 0 Å². The van der Waals surface area contributed by atoms with Gasteiger partial charge in [0.2, 0.25) is 5.91 Å². The predicted molar refractivity (Wildman–Crippen MR) is 71.0 cm³/mol. The molecule has 0 aromatic rings. The van der Waals surface area contributed by atoms with E-state index in [0.29, 0.717) is 6.42 Å². The van der Waals surface area contributed by atoms with Gasteiger partial charge in [0.05, 0.1) is 0 Å². The van der Waals surface area contributed by atoms with Crippen LogP contribution in [0.15, 0.2) is 4.99 Å². The van der Waals surface area contributed by atoms with Crippen molar-refractivity contribution in [3.8, 4) is 0 Å². The summed E-state index contributed by atoms with van der Waals surface area (Å²) >= 11 is 0. The second-order valence-electron chi connectivity index (χ2n) is 4.36. The average Bonchev–Trinajstić information content (AvgIpc) is 2.27. The first-order valence-corrected chi connectivity index (χ1v) is 6.82. The Balaban J connectivity index is 3.07. The van der Waals surface area contributed by atoms with Crippen molar-refractivity contribution in [1.29, 1.82) is 0 Å². The van der Waals surface area contributed by atoms with Crippen molar-refractivity contribution >= 4 is 12.1 Å². The van der Waals surface area contributed by atoms with E-state index in [1.807, 2.05) is 0 Å². The molecule has 0 rings (SSSR count). The highest BCUT2D eigenvalue weighted by molar-refractivity contribution is 5.84. The van der Waals surface area contributed by atoms with Crippen LogP contribution in [0.2, 0.25) is 0 Å². The fourth-order valence-corrected chi connectivity index (χ4v) is 1.80. The number of carbonyl (C=O) groups is 1. The van der Waals surface area contributed by atoms with Crippen LogP contribution >= 0.6 is 0 Å². The van der Waals surface area contributed by atoms with Crippen LogP contribution in [0.25, 0.3) is 0 Å². The molecule has 0 saturated heterocycles. The largest absolute Gasteiger partial charge is 0.273 e. The van der Waals surface area contributed by atoms with Gasteiger partial charge in [-0.3, -0.25) is 4.79 Å². The molecule has 0 bridgehead atoms. The van der Waals surface area contributed by atoms with Crippen molar-refractivity contribution in [3.63, 3.8) is 0 Å². The Morgan fingerprint density at radius 3 is 1.94 bits per heavy atom. The molecule has 2 heteroatoms. The standard InChI is InChI=1S/C14H27NO/c1-3-5-6-7-8-9-10-11-12-13-14(16)15-4-2/h4H,3,5-13H2,1-2H3. The van der Waals surface area contributed by atoms with E-state index in [2.05, 4.69) is 11.9 Å². The van der Waals surface area contributed by atoms with Gasteiger partial charge in [-0.2, -0.15) is 0 Å². The minimum absolute atomic E-state index is 0.0328. The highest BCUT2D eigenvalue weighted by Gasteiger charge is 1.97. The Labute approximate surface area is 101 Å². The Morgan fingerprint density at radius 1 is 0.938 bits per heavy atom. The quantitative estimate of drug-likeness (QED) is 0.397. The third-order valence-corrected chi connectivity index (χ3v) is 2.77. The molecule has 0 atom stereocenters. The van der Waals surface area contributed by atoms with E-state index in [0.717, 1.165) is 6.42 Å². The zero-order valence-electron chi connectivity index (χ0n) is 11.0. The Kier molecular flexibility index (Phi) is 11.9. The fraction of sp³-hybridized carbons (Fsp3) is 0.857. The van der Waals surface area contributed by atoms with E-state index in [9.17, 15) is 4.79 Å². The van der Waals surface area contributed by atoms with Crippen LogP contribution in [0.3, 0.4) is 0 Å². The fourth-order valence-electron chi connectivity index (χ4n) is 1.80. The number of amides is 1. The Bertz CT molecular complexity index is 187. The summed E-state index contributed by atoms with van der Waals surface area (Å²) in [6, 6.07) is 0. The van der Waals surface area contributed by atoms with E-state index in [-0.39, 0.29) is 5.91 Å². The molecule has 0 N–H and O–H groups in total. The molecule has 1 amide bonds.